The third-order valence-corrected chi connectivity index (χ3v) is 6.20. The van der Waals surface area contributed by atoms with Gasteiger partial charge in [-0.3, -0.25) is 4.90 Å². The fourth-order valence-corrected chi connectivity index (χ4v) is 5.19. The molecule has 2 aliphatic heterocycles. The van der Waals surface area contributed by atoms with Gasteiger partial charge in [-0.15, -0.1) is 0 Å². The molecule has 3 rings (SSSR count). The highest BCUT2D eigenvalue weighted by Crippen LogP contribution is 2.44. The van der Waals surface area contributed by atoms with E-state index in [0.717, 1.165) is 25.3 Å². The zero-order valence-electron chi connectivity index (χ0n) is 13.4. The molecule has 20 heavy (non-hydrogen) atoms. The van der Waals surface area contributed by atoms with Crippen molar-refractivity contribution in [2.24, 2.45) is 11.3 Å². The van der Waals surface area contributed by atoms with Crippen LogP contribution in [-0.2, 0) is 0 Å². The second kappa shape index (κ2) is 5.58. The number of aliphatic hydroxyl groups is 1. The molecule has 116 valence electrons. The highest BCUT2D eigenvalue weighted by Gasteiger charge is 2.46. The summed E-state index contributed by atoms with van der Waals surface area (Å²) in [5.41, 5.74) is 0.440. The molecular formula is C17H32N2O. The van der Waals surface area contributed by atoms with Crippen molar-refractivity contribution in [2.75, 3.05) is 13.1 Å². The van der Waals surface area contributed by atoms with Crippen molar-refractivity contribution in [3.63, 3.8) is 0 Å². The Balaban J connectivity index is 1.66. The maximum atomic E-state index is 9.95. The molecule has 2 bridgehead atoms. The van der Waals surface area contributed by atoms with E-state index in [1.807, 2.05) is 0 Å². The van der Waals surface area contributed by atoms with Crippen LogP contribution < -0.4 is 5.32 Å². The molecule has 3 aliphatic rings. The molecule has 3 fully saturated rings. The van der Waals surface area contributed by atoms with E-state index < -0.39 is 0 Å². The van der Waals surface area contributed by atoms with Crippen LogP contribution in [0.3, 0.4) is 0 Å². The van der Waals surface area contributed by atoms with Gasteiger partial charge in [-0.1, -0.05) is 20.8 Å². The molecule has 1 aliphatic carbocycles. The van der Waals surface area contributed by atoms with Gasteiger partial charge in [0.05, 0.1) is 6.10 Å². The SMILES string of the molecule is CCNC1C(CN2C3CCC2CC(O)C3)CCC1(C)C. The second-order valence-corrected chi connectivity index (χ2v) is 8.03. The fraction of sp³-hybridized carbons (Fsp3) is 1.00. The minimum absolute atomic E-state index is 0.0340. The molecule has 0 amide bonds. The van der Waals surface area contributed by atoms with E-state index in [1.165, 1.54) is 32.2 Å². The largest absolute Gasteiger partial charge is 0.393 e. The lowest BCUT2D eigenvalue weighted by atomic mass is 9.84. The van der Waals surface area contributed by atoms with Crippen LogP contribution in [-0.4, -0.2) is 47.3 Å². The lowest BCUT2D eigenvalue weighted by Gasteiger charge is -2.41. The van der Waals surface area contributed by atoms with Gasteiger partial charge in [0.25, 0.3) is 0 Å². The van der Waals surface area contributed by atoms with Gasteiger partial charge in [-0.2, -0.15) is 0 Å². The van der Waals surface area contributed by atoms with Crippen LogP contribution in [0.2, 0.25) is 0 Å². The maximum Gasteiger partial charge on any atom is 0.0570 e. The normalized spacial score (nSPS) is 44.1. The van der Waals surface area contributed by atoms with Crippen LogP contribution >= 0.6 is 0 Å². The second-order valence-electron chi connectivity index (χ2n) is 8.03. The van der Waals surface area contributed by atoms with Crippen LogP contribution in [0.1, 0.15) is 59.3 Å². The van der Waals surface area contributed by atoms with Gasteiger partial charge in [0.2, 0.25) is 0 Å². The quantitative estimate of drug-likeness (QED) is 0.830. The summed E-state index contributed by atoms with van der Waals surface area (Å²) in [6, 6.07) is 1.99. The van der Waals surface area contributed by atoms with Gasteiger partial charge >= 0.3 is 0 Å². The van der Waals surface area contributed by atoms with Gasteiger partial charge in [-0.25, -0.2) is 0 Å². The number of hydrogen-bond acceptors (Lipinski definition) is 3. The van der Waals surface area contributed by atoms with E-state index in [-0.39, 0.29) is 6.10 Å². The monoisotopic (exact) mass is 280 g/mol. The Kier molecular flexibility index (Phi) is 4.13. The molecule has 0 aromatic carbocycles. The lowest BCUT2D eigenvalue weighted by Crippen LogP contribution is -2.50. The minimum Gasteiger partial charge on any atom is -0.393 e. The number of hydrogen-bond donors (Lipinski definition) is 2. The first-order chi connectivity index (χ1) is 9.51. The molecule has 3 heteroatoms. The molecule has 0 aromatic rings. The molecule has 0 spiro atoms. The Morgan fingerprint density at radius 3 is 2.40 bits per heavy atom. The first-order valence-electron chi connectivity index (χ1n) is 8.68. The number of fused-ring (bicyclic) bond motifs is 2. The van der Waals surface area contributed by atoms with Crippen molar-refractivity contribution in [1.29, 1.82) is 0 Å². The van der Waals surface area contributed by atoms with Gasteiger partial charge < -0.3 is 10.4 Å². The molecule has 0 aromatic heterocycles. The van der Waals surface area contributed by atoms with Crippen molar-refractivity contribution in [1.82, 2.24) is 10.2 Å². The summed E-state index contributed by atoms with van der Waals surface area (Å²) in [5, 5.41) is 13.7. The Morgan fingerprint density at radius 1 is 1.15 bits per heavy atom. The summed E-state index contributed by atoms with van der Waals surface area (Å²) < 4.78 is 0. The number of rotatable bonds is 4. The van der Waals surface area contributed by atoms with Crippen molar-refractivity contribution < 1.29 is 5.11 Å². The summed E-state index contributed by atoms with van der Waals surface area (Å²) in [7, 11) is 0. The molecule has 4 unspecified atom stereocenters. The zero-order chi connectivity index (χ0) is 14.3. The predicted octanol–water partition coefficient (Wildman–Crippen LogP) is 2.39. The molecule has 1 saturated carbocycles. The number of nitrogens with one attached hydrogen (secondary N) is 1. The molecule has 2 saturated heterocycles. The zero-order valence-corrected chi connectivity index (χ0v) is 13.4. The lowest BCUT2D eigenvalue weighted by molar-refractivity contribution is 0.0234. The molecule has 2 N–H and O–H groups in total. The Bertz CT molecular complexity index is 330. The third kappa shape index (κ3) is 2.65. The topological polar surface area (TPSA) is 35.5 Å². The molecular weight excluding hydrogens is 248 g/mol. The molecule has 4 atom stereocenters. The molecule has 0 radical (unpaired) electrons. The summed E-state index contributed by atoms with van der Waals surface area (Å²) in [4.78, 5) is 2.75. The van der Waals surface area contributed by atoms with E-state index in [0.29, 0.717) is 23.5 Å². The van der Waals surface area contributed by atoms with Crippen molar-refractivity contribution in [3.05, 3.63) is 0 Å². The fourth-order valence-electron chi connectivity index (χ4n) is 5.19. The van der Waals surface area contributed by atoms with E-state index in [9.17, 15) is 5.11 Å². The van der Waals surface area contributed by atoms with Crippen LogP contribution in [0.5, 0.6) is 0 Å². The van der Waals surface area contributed by atoms with Crippen molar-refractivity contribution in [3.8, 4) is 0 Å². The van der Waals surface area contributed by atoms with E-state index in [1.54, 1.807) is 0 Å². The van der Waals surface area contributed by atoms with Gasteiger partial charge in [0.1, 0.15) is 0 Å². The maximum absolute atomic E-state index is 9.95. The average molecular weight is 280 g/mol. The number of piperidine rings is 1. The van der Waals surface area contributed by atoms with E-state index in [4.69, 9.17) is 0 Å². The van der Waals surface area contributed by atoms with Crippen molar-refractivity contribution in [2.45, 2.75) is 83.5 Å². The number of nitrogens with zero attached hydrogens (tertiary/aromatic N) is 1. The predicted molar refractivity (Wildman–Crippen MR) is 82.7 cm³/mol. The van der Waals surface area contributed by atoms with Crippen LogP contribution in [0.15, 0.2) is 0 Å². The Hall–Kier alpha value is -0.120. The molecule has 3 nitrogen and oxygen atoms in total. The summed E-state index contributed by atoms with van der Waals surface area (Å²) in [6.45, 7) is 9.41. The summed E-state index contributed by atoms with van der Waals surface area (Å²) in [6.07, 6.45) is 7.32. The Morgan fingerprint density at radius 2 is 1.80 bits per heavy atom. The van der Waals surface area contributed by atoms with Gasteiger partial charge in [-0.05, 0) is 56.4 Å². The smallest absolute Gasteiger partial charge is 0.0570 e. The van der Waals surface area contributed by atoms with Gasteiger partial charge in [0.15, 0.2) is 0 Å². The standard InChI is InChI=1S/C17H32N2O/c1-4-18-16-12(7-8-17(16,2)3)11-19-13-5-6-14(19)10-15(20)9-13/h12-16,18,20H,4-11H2,1-3H3. The third-order valence-electron chi connectivity index (χ3n) is 6.20. The van der Waals surface area contributed by atoms with Crippen LogP contribution in [0.4, 0.5) is 0 Å². The van der Waals surface area contributed by atoms with Crippen LogP contribution in [0, 0.1) is 11.3 Å². The first kappa shape index (κ1) is 14.8. The van der Waals surface area contributed by atoms with E-state index in [2.05, 4.69) is 31.0 Å². The summed E-state index contributed by atoms with van der Waals surface area (Å²) >= 11 is 0. The number of aliphatic hydroxyl groups excluding tert-OH is 1. The highest BCUT2D eigenvalue weighted by atomic mass is 16.3. The molecule has 2 heterocycles. The average Bonchev–Trinajstić information content (AvgIpc) is 2.78. The van der Waals surface area contributed by atoms with Crippen LogP contribution in [0.25, 0.3) is 0 Å². The first-order valence-corrected chi connectivity index (χ1v) is 8.68. The highest BCUT2D eigenvalue weighted by molar-refractivity contribution is 5.01. The Labute approximate surface area is 124 Å². The minimum atomic E-state index is -0.0340. The van der Waals surface area contributed by atoms with E-state index >= 15 is 0 Å². The summed E-state index contributed by atoms with van der Waals surface area (Å²) in [5.74, 6) is 0.795. The van der Waals surface area contributed by atoms with Gasteiger partial charge in [0, 0.05) is 24.7 Å². The van der Waals surface area contributed by atoms with Crippen molar-refractivity contribution >= 4 is 0 Å².